The third kappa shape index (κ3) is 48.2. The molecule has 0 saturated heterocycles. The second-order valence-electron chi connectivity index (χ2n) is 12.8. The van der Waals surface area contributed by atoms with E-state index in [1.54, 1.807) is 0 Å². The summed E-state index contributed by atoms with van der Waals surface area (Å²) >= 11 is 0. The topological polar surface area (TPSA) is 121 Å². The highest BCUT2D eigenvalue weighted by Crippen LogP contribution is 2.25. The Morgan fingerprint density at radius 2 is 0.545 bits per heavy atom. The van der Waals surface area contributed by atoms with Gasteiger partial charge in [-0.3, -0.25) is 9.59 Å². The van der Waals surface area contributed by atoms with Gasteiger partial charge in [0.05, 0.1) is 0 Å². The number of rotatable bonds is 32. The van der Waals surface area contributed by atoms with E-state index in [4.69, 9.17) is 24.0 Å². The van der Waals surface area contributed by atoms with Crippen LogP contribution in [0.5, 0.6) is 0 Å². The van der Waals surface area contributed by atoms with Crippen LogP contribution in [0.2, 0.25) is 0 Å². The van der Waals surface area contributed by atoms with E-state index < -0.39 is 7.82 Å². The van der Waals surface area contributed by atoms with E-state index in [9.17, 15) is 9.59 Å². The summed E-state index contributed by atoms with van der Waals surface area (Å²) in [5.41, 5.74) is 0. The molecule has 0 aromatic carbocycles. The third-order valence-corrected chi connectivity index (χ3v) is 8.20. The van der Waals surface area contributed by atoms with Crippen LogP contribution in [0.3, 0.4) is 0 Å². The summed E-state index contributed by atoms with van der Waals surface area (Å²) in [6.07, 6.45) is 40.1. The Balaban J connectivity index is 0. The fourth-order valence-corrected chi connectivity index (χ4v) is 5.51. The van der Waals surface area contributed by atoms with Crippen LogP contribution in [0.25, 0.3) is 0 Å². The second-order valence-corrected chi connectivity index (χ2v) is 13.8. The van der Waals surface area contributed by atoms with E-state index in [1.807, 2.05) is 0 Å². The summed E-state index contributed by atoms with van der Waals surface area (Å²) in [4.78, 5) is 45.4. The van der Waals surface area contributed by atoms with Crippen LogP contribution < -0.4 is 0 Å². The molecule has 0 spiro atoms. The molecule has 0 aromatic rings. The molecule has 0 aliphatic rings. The Kier molecular flexibility index (Phi) is 37.9. The molecular formula is C36H73O7P. The SMILES string of the molecule is CCCCCCCCCCCCCCCCCC(=O)OC(=O)CCCCCCCCCCCCCCCCC.O=P(O)(O)O. The predicted molar refractivity (Wildman–Crippen MR) is 184 cm³/mol. The van der Waals surface area contributed by atoms with Gasteiger partial charge in [0.15, 0.2) is 0 Å². The first-order valence-corrected chi connectivity index (χ1v) is 20.3. The minimum atomic E-state index is -4.64. The quantitative estimate of drug-likeness (QED) is 0.0287. The van der Waals surface area contributed by atoms with E-state index in [1.165, 1.54) is 167 Å². The summed E-state index contributed by atoms with van der Waals surface area (Å²) in [6.45, 7) is 4.55. The molecule has 0 saturated carbocycles. The number of ether oxygens (including phenoxy) is 1. The van der Waals surface area contributed by atoms with E-state index in [0.717, 1.165) is 25.7 Å². The van der Waals surface area contributed by atoms with Crippen molar-refractivity contribution < 1.29 is 33.6 Å². The van der Waals surface area contributed by atoms with Crippen LogP contribution >= 0.6 is 7.82 Å². The summed E-state index contributed by atoms with van der Waals surface area (Å²) in [7, 11) is -4.64. The fourth-order valence-electron chi connectivity index (χ4n) is 5.51. The highest BCUT2D eigenvalue weighted by Gasteiger charge is 2.10. The van der Waals surface area contributed by atoms with Crippen molar-refractivity contribution in [1.82, 2.24) is 0 Å². The molecule has 0 aliphatic heterocycles. The molecule has 3 N–H and O–H groups in total. The van der Waals surface area contributed by atoms with Gasteiger partial charge in [0.1, 0.15) is 0 Å². The zero-order valence-electron chi connectivity index (χ0n) is 29.0. The first-order valence-electron chi connectivity index (χ1n) is 18.7. The van der Waals surface area contributed by atoms with E-state index in [2.05, 4.69) is 13.8 Å². The number of phosphoric acid groups is 1. The van der Waals surface area contributed by atoms with Crippen molar-refractivity contribution in [2.45, 2.75) is 219 Å². The van der Waals surface area contributed by atoms with Crippen molar-refractivity contribution in [3.05, 3.63) is 0 Å². The molecule has 0 bridgehead atoms. The van der Waals surface area contributed by atoms with Gasteiger partial charge in [-0.2, -0.15) is 0 Å². The maximum atomic E-state index is 11.9. The number of hydrogen-bond acceptors (Lipinski definition) is 4. The van der Waals surface area contributed by atoms with E-state index in [0.29, 0.717) is 12.8 Å². The highest BCUT2D eigenvalue weighted by molar-refractivity contribution is 7.45. The molecule has 0 rings (SSSR count). The first kappa shape index (κ1) is 45.4. The minimum absolute atomic E-state index is 0.323. The van der Waals surface area contributed by atoms with Gasteiger partial charge in [0.2, 0.25) is 0 Å². The fraction of sp³-hybridized carbons (Fsp3) is 0.944. The molecule has 0 radical (unpaired) electrons. The maximum absolute atomic E-state index is 11.9. The molecule has 264 valence electrons. The van der Waals surface area contributed by atoms with Gasteiger partial charge in [-0.1, -0.05) is 194 Å². The van der Waals surface area contributed by atoms with Crippen molar-refractivity contribution in [2.75, 3.05) is 0 Å². The van der Waals surface area contributed by atoms with E-state index >= 15 is 0 Å². The number of esters is 2. The Labute approximate surface area is 272 Å². The van der Waals surface area contributed by atoms with Gasteiger partial charge in [-0.25, -0.2) is 4.57 Å². The van der Waals surface area contributed by atoms with Crippen LogP contribution in [0.4, 0.5) is 0 Å². The maximum Gasteiger partial charge on any atom is 0.466 e. The van der Waals surface area contributed by atoms with Crippen LogP contribution in [0.15, 0.2) is 0 Å². The summed E-state index contributed by atoms with van der Waals surface area (Å²) < 4.78 is 13.9. The van der Waals surface area contributed by atoms with Gasteiger partial charge < -0.3 is 19.4 Å². The van der Waals surface area contributed by atoms with Gasteiger partial charge in [0, 0.05) is 12.8 Å². The number of unbranched alkanes of at least 4 members (excludes halogenated alkanes) is 28. The zero-order chi connectivity index (χ0) is 33.0. The molecule has 0 amide bonds. The molecule has 44 heavy (non-hydrogen) atoms. The van der Waals surface area contributed by atoms with Gasteiger partial charge >= 0.3 is 19.8 Å². The monoisotopic (exact) mass is 649 g/mol. The predicted octanol–water partition coefficient (Wildman–Crippen LogP) is 11.7. The second kappa shape index (κ2) is 36.7. The molecule has 0 heterocycles. The highest BCUT2D eigenvalue weighted by atomic mass is 31.2. The third-order valence-electron chi connectivity index (χ3n) is 8.20. The molecular weight excluding hydrogens is 575 g/mol. The standard InChI is InChI=1S/C36H70O3.H3O4P/c1-3-5-7-9-11-13-15-17-19-21-23-25-27-29-31-33-35(37)39-36(38)34-32-30-28-26-24-22-20-18-16-14-12-10-8-6-4-2;1-5(2,3)4/h3-34H2,1-2H3;(H3,1,2,3,4). The lowest BCUT2D eigenvalue weighted by Crippen LogP contribution is -2.11. The molecule has 0 aromatic heterocycles. The molecule has 8 heteroatoms. The normalized spacial score (nSPS) is 11.3. The largest absolute Gasteiger partial charge is 0.466 e. The van der Waals surface area contributed by atoms with Gasteiger partial charge in [0.25, 0.3) is 0 Å². The molecule has 0 aliphatic carbocycles. The first-order chi connectivity index (χ1) is 21.2. The van der Waals surface area contributed by atoms with Crippen molar-refractivity contribution >= 4 is 19.8 Å². The smallest absolute Gasteiger partial charge is 0.393 e. The van der Waals surface area contributed by atoms with Crippen LogP contribution in [-0.4, -0.2) is 26.6 Å². The van der Waals surface area contributed by atoms with Crippen molar-refractivity contribution in [1.29, 1.82) is 0 Å². The Bertz CT molecular complexity index is 598. The van der Waals surface area contributed by atoms with Crippen molar-refractivity contribution in [3.63, 3.8) is 0 Å². The number of carbonyl (C=O) groups excluding carboxylic acids is 2. The molecule has 0 atom stereocenters. The molecule has 7 nitrogen and oxygen atoms in total. The minimum Gasteiger partial charge on any atom is -0.393 e. The van der Waals surface area contributed by atoms with Crippen molar-refractivity contribution in [2.24, 2.45) is 0 Å². The Morgan fingerprint density at radius 3 is 0.727 bits per heavy atom. The summed E-state index contributed by atoms with van der Waals surface area (Å²) in [6, 6.07) is 0. The van der Waals surface area contributed by atoms with E-state index in [-0.39, 0.29) is 11.9 Å². The van der Waals surface area contributed by atoms with Crippen LogP contribution in [0, 0.1) is 0 Å². The van der Waals surface area contributed by atoms with Gasteiger partial charge in [-0.05, 0) is 12.8 Å². The Morgan fingerprint density at radius 1 is 0.386 bits per heavy atom. The number of hydrogen-bond donors (Lipinski definition) is 3. The lowest BCUT2D eigenvalue weighted by molar-refractivity contribution is -0.159. The lowest BCUT2D eigenvalue weighted by Gasteiger charge is -2.05. The molecule has 0 fully saturated rings. The van der Waals surface area contributed by atoms with Crippen molar-refractivity contribution in [3.8, 4) is 0 Å². The van der Waals surface area contributed by atoms with Crippen LogP contribution in [0.1, 0.15) is 219 Å². The van der Waals surface area contributed by atoms with Crippen LogP contribution in [-0.2, 0) is 18.9 Å². The number of carbonyl (C=O) groups is 2. The molecule has 0 unspecified atom stereocenters. The average Bonchev–Trinajstić information content (AvgIpc) is 2.96. The summed E-state index contributed by atoms with van der Waals surface area (Å²) in [5, 5.41) is 0. The average molecular weight is 649 g/mol. The summed E-state index contributed by atoms with van der Waals surface area (Å²) in [5.74, 6) is -0.647. The van der Waals surface area contributed by atoms with Gasteiger partial charge in [-0.15, -0.1) is 0 Å². The zero-order valence-corrected chi connectivity index (χ0v) is 29.9. The lowest BCUT2D eigenvalue weighted by atomic mass is 10.0. The Hall–Kier alpha value is -0.750.